The molecule has 0 amide bonds. The monoisotopic (exact) mass is 400 g/mol. The first kappa shape index (κ1) is 18.7. The quantitative estimate of drug-likeness (QED) is 0.646. The number of aliphatic hydroxyl groups is 1. The van der Waals surface area contributed by atoms with Crippen LogP contribution >= 0.6 is 23.9 Å². The Kier molecular flexibility index (Phi) is 7.05. The molecular formula is C21H22BrOP. The van der Waals surface area contributed by atoms with Crippen LogP contribution in [0.5, 0.6) is 0 Å². The Balaban J connectivity index is 0.00000208. The van der Waals surface area contributed by atoms with Crippen molar-refractivity contribution in [2.75, 3.05) is 6.61 Å². The first-order chi connectivity index (χ1) is 11.4. The van der Waals surface area contributed by atoms with Crippen LogP contribution in [0.1, 0.15) is 6.42 Å². The molecule has 0 saturated carbocycles. The minimum Gasteiger partial charge on any atom is -0.396 e. The molecular weight excluding hydrogens is 379 g/mol. The van der Waals surface area contributed by atoms with Crippen LogP contribution in [0.25, 0.3) is 0 Å². The summed E-state index contributed by atoms with van der Waals surface area (Å²) in [5.41, 5.74) is 0. The van der Waals surface area contributed by atoms with Crippen LogP contribution in [-0.4, -0.2) is 17.5 Å². The van der Waals surface area contributed by atoms with Crippen LogP contribution in [0, 0.1) is 0 Å². The molecule has 3 aromatic carbocycles. The van der Waals surface area contributed by atoms with Crippen molar-refractivity contribution in [1.82, 2.24) is 0 Å². The van der Waals surface area contributed by atoms with E-state index in [0.29, 0.717) is 6.42 Å². The number of benzene rings is 3. The largest absolute Gasteiger partial charge is 0.396 e. The molecule has 3 rings (SSSR count). The van der Waals surface area contributed by atoms with Crippen LogP contribution < -0.4 is 15.9 Å². The van der Waals surface area contributed by atoms with Crippen molar-refractivity contribution in [3.63, 3.8) is 0 Å². The van der Waals surface area contributed by atoms with Crippen LogP contribution in [0.3, 0.4) is 0 Å². The molecule has 0 heterocycles. The van der Waals surface area contributed by atoms with Gasteiger partial charge in [0.2, 0.25) is 0 Å². The summed E-state index contributed by atoms with van der Waals surface area (Å²) in [7, 11) is 0. The number of hydrogen-bond acceptors (Lipinski definition) is 1. The maximum Gasteiger partial charge on any atom is 0.0466 e. The third-order valence-corrected chi connectivity index (χ3v) is 8.17. The van der Waals surface area contributed by atoms with Gasteiger partial charge in [-0.3, -0.25) is 0 Å². The van der Waals surface area contributed by atoms with E-state index in [1.807, 2.05) is 0 Å². The molecule has 0 aliphatic rings. The van der Waals surface area contributed by atoms with Crippen LogP contribution in [-0.2, 0) is 0 Å². The Labute approximate surface area is 154 Å². The average Bonchev–Trinajstić information content (AvgIpc) is 2.65. The van der Waals surface area contributed by atoms with Gasteiger partial charge in [-0.1, -0.05) is 96.8 Å². The molecule has 1 N–H and O–H groups in total. The first-order valence-electron chi connectivity index (χ1n) is 7.89. The van der Waals surface area contributed by atoms with E-state index in [9.17, 15) is 5.11 Å². The summed E-state index contributed by atoms with van der Waals surface area (Å²) in [5, 5.41) is 13.4. The molecule has 3 heteroatoms. The van der Waals surface area contributed by atoms with Gasteiger partial charge in [-0.15, -0.1) is 17.0 Å². The molecule has 3 aromatic rings. The molecule has 1 nitrogen and oxygen atoms in total. The lowest BCUT2D eigenvalue weighted by Crippen LogP contribution is -2.27. The molecule has 0 aliphatic carbocycles. The molecule has 0 saturated heterocycles. The highest BCUT2D eigenvalue weighted by Crippen LogP contribution is 2.43. The minimum absolute atomic E-state index is 0. The van der Waals surface area contributed by atoms with Crippen LogP contribution in [0.2, 0.25) is 0 Å². The van der Waals surface area contributed by atoms with E-state index in [-0.39, 0.29) is 23.6 Å². The molecule has 0 bridgehead atoms. The molecule has 0 spiro atoms. The summed E-state index contributed by atoms with van der Waals surface area (Å²) in [6.45, 7) is -1.68. The maximum atomic E-state index is 9.46. The van der Waals surface area contributed by atoms with Gasteiger partial charge in [-0.25, -0.2) is 0 Å². The van der Waals surface area contributed by atoms with Gasteiger partial charge in [-0.2, -0.15) is 0 Å². The molecule has 0 atom stereocenters. The summed E-state index contributed by atoms with van der Waals surface area (Å²) >= 11 is 0. The predicted molar refractivity (Wildman–Crippen MR) is 113 cm³/mol. The van der Waals surface area contributed by atoms with Crippen LogP contribution in [0.15, 0.2) is 91.0 Å². The van der Waals surface area contributed by atoms with E-state index < -0.39 is 6.89 Å². The number of rotatable bonds is 5. The maximum absolute atomic E-state index is 9.46. The zero-order valence-corrected chi connectivity index (χ0v) is 16.1. The van der Waals surface area contributed by atoms with Gasteiger partial charge in [-0.05, 0) is 29.2 Å². The van der Waals surface area contributed by atoms with Crippen molar-refractivity contribution < 1.29 is 5.11 Å². The van der Waals surface area contributed by atoms with E-state index in [1.165, 1.54) is 15.9 Å². The van der Waals surface area contributed by atoms with Crippen LogP contribution in [0.4, 0.5) is 0 Å². The second-order valence-electron chi connectivity index (χ2n) is 5.42. The van der Waals surface area contributed by atoms with Crippen molar-refractivity contribution in [3.05, 3.63) is 91.0 Å². The highest BCUT2D eigenvalue weighted by molar-refractivity contribution is 8.93. The third kappa shape index (κ3) is 3.72. The molecule has 124 valence electrons. The molecule has 24 heavy (non-hydrogen) atoms. The summed E-state index contributed by atoms with van der Waals surface area (Å²) < 4.78 is 0. The summed E-state index contributed by atoms with van der Waals surface area (Å²) in [4.78, 5) is 0. The van der Waals surface area contributed by atoms with Crippen molar-refractivity contribution in [2.24, 2.45) is 0 Å². The summed E-state index contributed by atoms with van der Waals surface area (Å²) in [5.74, 6) is 2.34. The fourth-order valence-corrected chi connectivity index (χ4v) is 6.96. The SMILES string of the molecule is Br.OCCC=P(c1ccccc1)(c1ccccc1)c1ccccc1. The summed E-state index contributed by atoms with van der Waals surface area (Å²) in [6, 6.07) is 32.0. The van der Waals surface area contributed by atoms with Crippen molar-refractivity contribution in [3.8, 4) is 0 Å². The molecule has 0 aromatic heterocycles. The first-order valence-corrected chi connectivity index (χ1v) is 9.74. The Bertz CT molecular complexity index is 682. The zero-order valence-electron chi connectivity index (χ0n) is 13.5. The fourth-order valence-electron chi connectivity index (χ4n) is 3.00. The molecule has 0 radical (unpaired) electrons. The zero-order chi connectivity index (χ0) is 16.0. The van der Waals surface area contributed by atoms with E-state index in [0.717, 1.165) is 0 Å². The Morgan fingerprint density at radius 1 is 0.625 bits per heavy atom. The van der Waals surface area contributed by atoms with Gasteiger partial charge in [0.05, 0.1) is 0 Å². The number of halogens is 1. The smallest absolute Gasteiger partial charge is 0.0466 e. The van der Waals surface area contributed by atoms with Gasteiger partial charge < -0.3 is 5.11 Å². The number of hydrogen-bond donors (Lipinski definition) is 1. The van der Waals surface area contributed by atoms with E-state index in [2.05, 4.69) is 96.8 Å². The average molecular weight is 401 g/mol. The predicted octanol–water partition coefficient (Wildman–Crippen LogP) is 3.74. The Morgan fingerprint density at radius 2 is 0.958 bits per heavy atom. The third-order valence-electron chi connectivity index (χ3n) is 4.02. The molecule has 0 fully saturated rings. The second kappa shape index (κ2) is 9.03. The molecule has 0 aliphatic heterocycles. The van der Waals surface area contributed by atoms with Crippen molar-refractivity contribution in [2.45, 2.75) is 6.42 Å². The van der Waals surface area contributed by atoms with Gasteiger partial charge in [0.25, 0.3) is 0 Å². The van der Waals surface area contributed by atoms with E-state index in [1.54, 1.807) is 0 Å². The lowest BCUT2D eigenvalue weighted by atomic mass is 10.4. The Morgan fingerprint density at radius 3 is 1.25 bits per heavy atom. The lowest BCUT2D eigenvalue weighted by molar-refractivity contribution is 0.308. The highest BCUT2D eigenvalue weighted by atomic mass is 79.9. The number of aliphatic hydroxyl groups excluding tert-OH is 1. The highest BCUT2D eigenvalue weighted by Gasteiger charge is 2.23. The van der Waals surface area contributed by atoms with Crippen molar-refractivity contribution in [1.29, 1.82) is 0 Å². The van der Waals surface area contributed by atoms with Crippen molar-refractivity contribution >= 4 is 45.6 Å². The second-order valence-corrected chi connectivity index (χ2v) is 8.78. The lowest BCUT2D eigenvalue weighted by Gasteiger charge is -2.28. The Hall–Kier alpha value is -1.60. The summed E-state index contributed by atoms with van der Waals surface area (Å²) in [6.07, 6.45) is 0.687. The minimum atomic E-state index is -1.85. The molecule has 0 unspecified atom stereocenters. The normalized spacial score (nSPS) is 10.7. The van der Waals surface area contributed by atoms with E-state index in [4.69, 9.17) is 0 Å². The standard InChI is InChI=1S/C21H21OP.BrH/c22-17-10-18-23(19-11-4-1-5-12-19,20-13-6-2-7-14-20)21-15-8-3-9-16-21;/h1-9,11-16,18,22H,10,17H2;1H. The van der Waals surface area contributed by atoms with Gasteiger partial charge in [0.1, 0.15) is 0 Å². The van der Waals surface area contributed by atoms with Gasteiger partial charge >= 0.3 is 0 Å². The fraction of sp³-hybridized carbons (Fsp3) is 0.0952. The van der Waals surface area contributed by atoms with E-state index >= 15 is 0 Å². The topological polar surface area (TPSA) is 20.2 Å². The van der Waals surface area contributed by atoms with Gasteiger partial charge in [0, 0.05) is 6.61 Å². The van der Waals surface area contributed by atoms with Gasteiger partial charge in [0.15, 0.2) is 0 Å².